The van der Waals surface area contributed by atoms with Crippen molar-refractivity contribution in [3.05, 3.63) is 28.3 Å². The molecule has 0 amide bonds. The maximum atomic E-state index is 15.0. The number of hydrogen-bond donors (Lipinski definition) is 2. The summed E-state index contributed by atoms with van der Waals surface area (Å²) in [5.41, 5.74) is 5.09. The second-order valence-electron chi connectivity index (χ2n) is 7.98. The minimum absolute atomic E-state index is 0.000999. The van der Waals surface area contributed by atoms with E-state index >= 15 is 4.39 Å². The number of nitrogens with two attached hydrogens (primary N) is 1. The highest BCUT2D eigenvalue weighted by atomic mass is 19.1. The van der Waals surface area contributed by atoms with Gasteiger partial charge in [-0.05, 0) is 25.3 Å². The highest BCUT2D eigenvalue weighted by molar-refractivity contribution is 5.80. The van der Waals surface area contributed by atoms with Crippen LogP contribution < -0.4 is 20.8 Å². The molecule has 5 rings (SSSR count). The van der Waals surface area contributed by atoms with Gasteiger partial charge < -0.3 is 29.8 Å². The molecule has 10 heteroatoms. The zero-order valence-corrected chi connectivity index (χ0v) is 15.6. The van der Waals surface area contributed by atoms with E-state index < -0.39 is 23.0 Å². The first kappa shape index (κ1) is 18.3. The van der Waals surface area contributed by atoms with Crippen LogP contribution in [0.4, 0.5) is 15.0 Å². The number of rotatable bonds is 4. The van der Waals surface area contributed by atoms with E-state index in [0.29, 0.717) is 31.9 Å². The summed E-state index contributed by atoms with van der Waals surface area (Å²) in [5.74, 6) is -0.626. The van der Waals surface area contributed by atoms with Crippen molar-refractivity contribution in [2.24, 2.45) is 11.7 Å². The first-order valence-corrected chi connectivity index (χ1v) is 9.67. The molecule has 3 fully saturated rings. The van der Waals surface area contributed by atoms with Crippen molar-refractivity contribution in [2.45, 2.75) is 30.9 Å². The molecule has 0 radical (unpaired) electrons. The summed E-state index contributed by atoms with van der Waals surface area (Å²) in [4.78, 5) is 29.9. The van der Waals surface area contributed by atoms with Crippen molar-refractivity contribution in [3.63, 3.8) is 0 Å². The zero-order valence-electron chi connectivity index (χ0n) is 15.6. The van der Waals surface area contributed by atoms with Crippen LogP contribution >= 0.6 is 0 Å². The molecule has 4 heterocycles. The molecular weight excluding hydrogens is 383 g/mol. The van der Waals surface area contributed by atoms with Crippen LogP contribution in [0.1, 0.15) is 25.3 Å². The van der Waals surface area contributed by atoms with Gasteiger partial charge in [-0.15, -0.1) is 0 Å². The normalized spacial score (nSPS) is 26.1. The number of aromatic nitrogens is 2. The Bertz CT molecular complexity index is 1070. The van der Waals surface area contributed by atoms with Crippen LogP contribution in [0.5, 0.6) is 5.75 Å². The van der Waals surface area contributed by atoms with Gasteiger partial charge in [0, 0.05) is 31.7 Å². The number of ether oxygens (including phenoxy) is 2. The Morgan fingerprint density at radius 3 is 2.90 bits per heavy atom. The number of carboxylic acid groups (broad SMARTS) is 1. The Labute approximate surface area is 164 Å². The molecule has 1 aliphatic carbocycles. The molecule has 2 saturated heterocycles. The molecule has 3 N–H and O–H groups in total. The average Bonchev–Trinajstić information content (AvgIpc) is 3.35. The van der Waals surface area contributed by atoms with E-state index in [1.807, 2.05) is 4.90 Å². The highest BCUT2D eigenvalue weighted by Crippen LogP contribution is 2.41. The van der Waals surface area contributed by atoms with E-state index in [-0.39, 0.29) is 28.9 Å². The van der Waals surface area contributed by atoms with Crippen LogP contribution in [0.2, 0.25) is 0 Å². The van der Waals surface area contributed by atoms with Crippen LogP contribution in [0, 0.1) is 11.7 Å². The molecule has 1 saturated carbocycles. The number of nitrogens with zero attached hydrogens (tertiary/aromatic N) is 3. The third kappa shape index (κ3) is 2.85. The standard InChI is InChI=1S/C19H21FN4O5/c20-13-5-12-15(25)14(29-18(26)27)7-24(11-1-2-11)16(12)22-17(13)23-6-10-3-4-28-19(10,8-21)9-23/h5,7,10-11H,1-4,6,8-9,21H2,(H,26,27). The van der Waals surface area contributed by atoms with Gasteiger partial charge in [0.1, 0.15) is 11.2 Å². The summed E-state index contributed by atoms with van der Waals surface area (Å²) in [6.45, 7) is 2.03. The quantitative estimate of drug-likeness (QED) is 0.736. The molecule has 29 heavy (non-hydrogen) atoms. The van der Waals surface area contributed by atoms with Crippen molar-refractivity contribution in [3.8, 4) is 5.75 Å². The molecule has 2 atom stereocenters. The Morgan fingerprint density at radius 2 is 2.24 bits per heavy atom. The van der Waals surface area contributed by atoms with Gasteiger partial charge in [-0.3, -0.25) is 4.79 Å². The summed E-state index contributed by atoms with van der Waals surface area (Å²) < 4.78 is 27.2. The first-order chi connectivity index (χ1) is 13.9. The summed E-state index contributed by atoms with van der Waals surface area (Å²) in [7, 11) is 0. The fourth-order valence-electron chi connectivity index (χ4n) is 4.55. The number of hydrogen-bond acceptors (Lipinski definition) is 7. The Kier molecular flexibility index (Phi) is 4.04. The van der Waals surface area contributed by atoms with Crippen molar-refractivity contribution in [1.29, 1.82) is 0 Å². The Hall–Kier alpha value is -2.72. The van der Waals surface area contributed by atoms with Crippen molar-refractivity contribution >= 4 is 23.0 Å². The van der Waals surface area contributed by atoms with Crippen molar-refractivity contribution in [2.75, 3.05) is 31.1 Å². The van der Waals surface area contributed by atoms with Crippen LogP contribution in [-0.2, 0) is 4.74 Å². The number of fused-ring (bicyclic) bond motifs is 2. The lowest BCUT2D eigenvalue weighted by molar-refractivity contribution is 0.0126. The third-order valence-corrected chi connectivity index (χ3v) is 6.19. The fraction of sp³-hybridized carbons (Fsp3) is 0.526. The maximum Gasteiger partial charge on any atom is 0.511 e. The number of halogens is 1. The molecule has 0 spiro atoms. The molecular formula is C19H21FN4O5. The summed E-state index contributed by atoms with van der Waals surface area (Å²) >= 11 is 0. The van der Waals surface area contributed by atoms with E-state index in [1.54, 1.807) is 4.57 Å². The first-order valence-electron chi connectivity index (χ1n) is 9.67. The predicted octanol–water partition coefficient (Wildman–Crippen LogP) is 1.48. The van der Waals surface area contributed by atoms with Crippen LogP contribution in [0.3, 0.4) is 0 Å². The molecule has 0 bridgehead atoms. The summed E-state index contributed by atoms with van der Waals surface area (Å²) in [6, 6.07) is 1.20. The van der Waals surface area contributed by atoms with E-state index in [2.05, 4.69) is 9.72 Å². The van der Waals surface area contributed by atoms with Gasteiger partial charge in [-0.25, -0.2) is 14.2 Å². The summed E-state index contributed by atoms with van der Waals surface area (Å²) in [6.07, 6.45) is 2.37. The molecule has 2 aromatic rings. The number of pyridine rings is 2. The molecule has 2 aliphatic heterocycles. The SMILES string of the molecule is NCC12CN(c3nc4c(cc3F)c(=O)c(OC(=O)O)cn4C3CC3)CC1CCO2. The molecule has 9 nitrogen and oxygen atoms in total. The minimum atomic E-state index is -1.59. The van der Waals surface area contributed by atoms with Gasteiger partial charge in [0.15, 0.2) is 17.4 Å². The van der Waals surface area contributed by atoms with Gasteiger partial charge in [0.05, 0.1) is 18.1 Å². The number of carbonyl (C=O) groups is 1. The average molecular weight is 404 g/mol. The van der Waals surface area contributed by atoms with Gasteiger partial charge in [0.2, 0.25) is 5.43 Å². The Morgan fingerprint density at radius 1 is 1.45 bits per heavy atom. The minimum Gasteiger partial charge on any atom is -0.449 e. The number of anilines is 1. The fourth-order valence-corrected chi connectivity index (χ4v) is 4.55. The van der Waals surface area contributed by atoms with E-state index in [1.165, 1.54) is 6.20 Å². The second-order valence-corrected chi connectivity index (χ2v) is 7.98. The topological polar surface area (TPSA) is 120 Å². The van der Waals surface area contributed by atoms with Crippen molar-refractivity contribution < 1.29 is 23.8 Å². The predicted molar refractivity (Wildman–Crippen MR) is 101 cm³/mol. The van der Waals surface area contributed by atoms with Crippen molar-refractivity contribution in [1.82, 2.24) is 9.55 Å². The van der Waals surface area contributed by atoms with E-state index in [9.17, 15) is 9.59 Å². The third-order valence-electron chi connectivity index (χ3n) is 6.19. The van der Waals surface area contributed by atoms with E-state index in [0.717, 1.165) is 25.3 Å². The Balaban J connectivity index is 1.62. The molecule has 2 aromatic heterocycles. The highest BCUT2D eigenvalue weighted by Gasteiger charge is 2.51. The largest absolute Gasteiger partial charge is 0.511 e. The van der Waals surface area contributed by atoms with Gasteiger partial charge in [-0.1, -0.05) is 0 Å². The zero-order chi connectivity index (χ0) is 20.3. The lowest BCUT2D eigenvalue weighted by Gasteiger charge is -2.26. The maximum absolute atomic E-state index is 15.0. The lowest BCUT2D eigenvalue weighted by Crippen LogP contribution is -2.44. The molecule has 3 aliphatic rings. The van der Waals surface area contributed by atoms with Gasteiger partial charge in [0.25, 0.3) is 0 Å². The smallest absolute Gasteiger partial charge is 0.449 e. The van der Waals surface area contributed by atoms with Crippen LogP contribution in [0.15, 0.2) is 17.1 Å². The molecule has 154 valence electrons. The van der Waals surface area contributed by atoms with E-state index in [4.69, 9.17) is 15.6 Å². The monoisotopic (exact) mass is 404 g/mol. The summed E-state index contributed by atoms with van der Waals surface area (Å²) in [5, 5.41) is 8.89. The van der Waals surface area contributed by atoms with Gasteiger partial charge in [-0.2, -0.15) is 0 Å². The second kappa shape index (κ2) is 6.39. The molecule has 2 unspecified atom stereocenters. The van der Waals surface area contributed by atoms with Crippen LogP contribution in [0.25, 0.3) is 11.0 Å². The van der Waals surface area contributed by atoms with Gasteiger partial charge >= 0.3 is 6.16 Å². The molecule has 0 aromatic carbocycles. The lowest BCUT2D eigenvalue weighted by atomic mass is 9.91. The van der Waals surface area contributed by atoms with Crippen LogP contribution in [-0.4, -0.2) is 52.7 Å².